The molecule has 1 N–H and O–H groups in total. The van der Waals surface area contributed by atoms with E-state index in [0.29, 0.717) is 0 Å². The molecular weight excluding hydrogens is 176 g/mol. The first kappa shape index (κ1) is 12.0. The number of nitrogens with one attached hydrogen (secondary N) is 1. The van der Waals surface area contributed by atoms with Crippen molar-refractivity contribution in [2.75, 3.05) is 0 Å². The number of nitriles is 3. The van der Waals surface area contributed by atoms with Crippen LogP contribution in [0.2, 0.25) is 0 Å². The molecule has 0 saturated carbocycles. The van der Waals surface area contributed by atoms with Crippen molar-refractivity contribution in [3.63, 3.8) is 0 Å². The van der Waals surface area contributed by atoms with Crippen molar-refractivity contribution < 1.29 is 0 Å². The molecule has 0 heterocycles. The van der Waals surface area contributed by atoms with E-state index >= 15 is 0 Å². The van der Waals surface area contributed by atoms with Crippen LogP contribution in [0.5, 0.6) is 0 Å². The molecule has 0 aliphatic carbocycles. The van der Waals surface area contributed by atoms with Gasteiger partial charge in [-0.15, -0.1) is 0 Å². The molecule has 0 aromatic carbocycles. The predicted molar refractivity (Wildman–Crippen MR) is 51.3 cm³/mol. The maximum absolute atomic E-state index is 8.91. The van der Waals surface area contributed by atoms with Crippen molar-refractivity contribution >= 4 is 0 Å². The van der Waals surface area contributed by atoms with E-state index in [-0.39, 0.29) is 11.5 Å². The molecule has 4 nitrogen and oxygen atoms in total. The highest BCUT2D eigenvalue weighted by atomic mass is 14.9. The predicted octanol–water partition coefficient (Wildman–Crippen LogP) is 1.45. The molecule has 0 aromatic rings. The Morgan fingerprint density at radius 2 is 1.79 bits per heavy atom. The molecule has 0 rings (SSSR count). The molecule has 0 amide bonds. The fourth-order valence-corrected chi connectivity index (χ4v) is 0.640. The molecule has 14 heavy (non-hydrogen) atoms. The molecule has 0 saturated heterocycles. The molecule has 0 fully saturated rings. The monoisotopic (exact) mass is 188 g/mol. The summed E-state index contributed by atoms with van der Waals surface area (Å²) in [5, 5.41) is 28.6. The lowest BCUT2D eigenvalue weighted by Gasteiger charge is -2.26. The molecule has 1 atom stereocenters. The van der Waals surface area contributed by atoms with Crippen LogP contribution in [0.3, 0.4) is 0 Å². The quantitative estimate of drug-likeness (QED) is 0.679. The van der Waals surface area contributed by atoms with Crippen LogP contribution in [0.15, 0.2) is 11.8 Å². The van der Waals surface area contributed by atoms with Gasteiger partial charge in [0, 0.05) is 6.20 Å². The lowest BCUT2D eigenvalue weighted by atomic mass is 9.90. The zero-order chi connectivity index (χ0) is 11.2. The van der Waals surface area contributed by atoms with Crippen LogP contribution in [0.1, 0.15) is 20.8 Å². The minimum Gasteiger partial charge on any atom is -0.372 e. The summed E-state index contributed by atoms with van der Waals surface area (Å²) in [5.41, 5.74) is -0.786. The summed E-state index contributed by atoms with van der Waals surface area (Å²) in [7, 11) is 0. The number of allylic oxidation sites excluding steroid dienone is 1. The van der Waals surface area contributed by atoms with Gasteiger partial charge in [0.25, 0.3) is 0 Å². The minimum absolute atomic E-state index is 0.0351. The second-order valence-electron chi connectivity index (χ2n) is 3.39. The normalized spacial score (nSPS) is 12.9. The van der Waals surface area contributed by atoms with Gasteiger partial charge in [-0.1, -0.05) is 13.8 Å². The maximum Gasteiger partial charge on any atom is 0.145 e. The van der Waals surface area contributed by atoms with Gasteiger partial charge in [0.05, 0.1) is 6.07 Å². The van der Waals surface area contributed by atoms with Crippen molar-refractivity contribution in [1.82, 2.24) is 5.32 Å². The van der Waals surface area contributed by atoms with E-state index in [1.165, 1.54) is 6.20 Å². The first-order valence-electron chi connectivity index (χ1n) is 4.19. The van der Waals surface area contributed by atoms with Gasteiger partial charge in [0.15, 0.2) is 0 Å². The molecule has 0 aromatic heterocycles. The second kappa shape index (κ2) is 4.90. The van der Waals surface area contributed by atoms with E-state index in [9.17, 15) is 0 Å². The van der Waals surface area contributed by atoms with Crippen LogP contribution in [0.25, 0.3) is 0 Å². The largest absolute Gasteiger partial charge is 0.372 e. The SMILES string of the molecule is CC(C)C(C)(C#N)NC=C(C#N)C#N. The zero-order valence-corrected chi connectivity index (χ0v) is 8.50. The van der Waals surface area contributed by atoms with Crippen molar-refractivity contribution in [3.05, 3.63) is 11.8 Å². The minimum atomic E-state index is -0.751. The van der Waals surface area contributed by atoms with Gasteiger partial charge in [-0.3, -0.25) is 0 Å². The second-order valence-corrected chi connectivity index (χ2v) is 3.39. The summed E-state index contributed by atoms with van der Waals surface area (Å²) in [5.74, 6) is 0.0855. The standard InChI is InChI=1S/C10H12N4/c1-8(2)10(3,7-13)14-6-9(4-11)5-12/h6,8,14H,1-3H3. The van der Waals surface area contributed by atoms with Crippen molar-refractivity contribution in [2.24, 2.45) is 5.92 Å². The third-order valence-corrected chi connectivity index (χ3v) is 2.14. The number of nitrogens with zero attached hydrogens (tertiary/aromatic N) is 3. The van der Waals surface area contributed by atoms with Gasteiger partial charge in [0.1, 0.15) is 23.3 Å². The Labute approximate surface area is 84.1 Å². The third kappa shape index (κ3) is 2.81. The highest BCUT2D eigenvalue weighted by molar-refractivity contribution is 5.35. The summed E-state index contributed by atoms with van der Waals surface area (Å²) in [6, 6.07) is 5.54. The van der Waals surface area contributed by atoms with Gasteiger partial charge in [-0.25, -0.2) is 0 Å². The van der Waals surface area contributed by atoms with Gasteiger partial charge >= 0.3 is 0 Å². The lowest BCUT2D eigenvalue weighted by Crippen LogP contribution is -2.42. The molecule has 72 valence electrons. The van der Waals surface area contributed by atoms with Crippen LogP contribution in [0.4, 0.5) is 0 Å². The first-order valence-corrected chi connectivity index (χ1v) is 4.19. The molecule has 4 heteroatoms. The van der Waals surface area contributed by atoms with Crippen LogP contribution in [-0.4, -0.2) is 5.54 Å². The topological polar surface area (TPSA) is 83.4 Å². The average molecular weight is 188 g/mol. The zero-order valence-electron chi connectivity index (χ0n) is 8.50. The molecule has 0 aliphatic rings. The fraction of sp³-hybridized carbons (Fsp3) is 0.500. The van der Waals surface area contributed by atoms with Crippen molar-refractivity contribution in [2.45, 2.75) is 26.3 Å². The molecule has 0 bridgehead atoms. The van der Waals surface area contributed by atoms with E-state index in [2.05, 4.69) is 11.4 Å². The van der Waals surface area contributed by atoms with Gasteiger partial charge < -0.3 is 5.32 Å². The van der Waals surface area contributed by atoms with Crippen LogP contribution in [-0.2, 0) is 0 Å². The Morgan fingerprint density at radius 1 is 1.29 bits per heavy atom. The van der Waals surface area contributed by atoms with E-state index in [1.807, 2.05) is 13.8 Å². The van der Waals surface area contributed by atoms with Crippen LogP contribution >= 0.6 is 0 Å². The summed E-state index contributed by atoms with van der Waals surface area (Å²) in [6.45, 7) is 5.51. The Hall–Kier alpha value is -1.99. The smallest absolute Gasteiger partial charge is 0.145 e. The van der Waals surface area contributed by atoms with Crippen LogP contribution < -0.4 is 5.32 Å². The average Bonchev–Trinajstić information content (AvgIpc) is 2.18. The molecular formula is C10H12N4. The highest BCUT2D eigenvalue weighted by Gasteiger charge is 2.26. The first-order chi connectivity index (χ1) is 6.50. The Morgan fingerprint density at radius 3 is 2.07 bits per heavy atom. The molecule has 1 unspecified atom stereocenters. The van der Waals surface area contributed by atoms with Crippen molar-refractivity contribution in [1.29, 1.82) is 15.8 Å². The van der Waals surface area contributed by atoms with Crippen molar-refractivity contribution in [3.8, 4) is 18.2 Å². The van der Waals surface area contributed by atoms with E-state index in [1.54, 1.807) is 19.1 Å². The number of hydrogen-bond acceptors (Lipinski definition) is 4. The van der Waals surface area contributed by atoms with E-state index in [4.69, 9.17) is 15.8 Å². The molecule has 0 aliphatic heterocycles. The van der Waals surface area contributed by atoms with E-state index in [0.717, 1.165) is 0 Å². The number of hydrogen-bond donors (Lipinski definition) is 1. The Kier molecular flexibility index (Phi) is 4.20. The van der Waals surface area contributed by atoms with Gasteiger partial charge in [-0.2, -0.15) is 15.8 Å². The van der Waals surface area contributed by atoms with E-state index < -0.39 is 5.54 Å². The summed E-state index contributed by atoms with van der Waals surface area (Å²) >= 11 is 0. The van der Waals surface area contributed by atoms with Crippen LogP contribution in [0, 0.1) is 39.9 Å². The lowest BCUT2D eigenvalue weighted by molar-refractivity contribution is 0.376. The Balaban J connectivity index is 4.71. The highest BCUT2D eigenvalue weighted by Crippen LogP contribution is 2.15. The Bertz CT molecular complexity index is 332. The van der Waals surface area contributed by atoms with Gasteiger partial charge in [-0.05, 0) is 12.8 Å². The maximum atomic E-state index is 8.91. The number of rotatable bonds is 3. The fourth-order valence-electron chi connectivity index (χ4n) is 0.640. The summed E-state index contributed by atoms with van der Waals surface area (Å²) < 4.78 is 0. The third-order valence-electron chi connectivity index (χ3n) is 2.14. The van der Waals surface area contributed by atoms with Gasteiger partial charge in [0.2, 0.25) is 0 Å². The molecule has 0 spiro atoms. The molecule has 0 radical (unpaired) electrons. The summed E-state index contributed by atoms with van der Waals surface area (Å²) in [4.78, 5) is 0. The summed E-state index contributed by atoms with van der Waals surface area (Å²) in [6.07, 6.45) is 1.28.